The van der Waals surface area contributed by atoms with E-state index in [-0.39, 0.29) is 12.6 Å². The van der Waals surface area contributed by atoms with Crippen LogP contribution in [0.5, 0.6) is 0 Å². The number of ether oxygens (including phenoxy) is 1. The van der Waals surface area contributed by atoms with E-state index in [1.807, 2.05) is 6.92 Å². The number of halogens is 1. The van der Waals surface area contributed by atoms with Gasteiger partial charge in [-0.2, -0.15) is 0 Å². The molecule has 0 heterocycles. The molecule has 0 aliphatic carbocycles. The van der Waals surface area contributed by atoms with Gasteiger partial charge in [-0.15, -0.1) is 11.6 Å². The van der Waals surface area contributed by atoms with Gasteiger partial charge in [-0.3, -0.25) is 0 Å². The average Bonchev–Trinajstić information content (AvgIpc) is 1.97. The predicted octanol–water partition coefficient (Wildman–Crippen LogP) is 1.73. The largest absolute Gasteiger partial charge is 0.461 e. The molecule has 0 N–H and O–H groups in total. The van der Waals surface area contributed by atoms with Crippen molar-refractivity contribution in [2.24, 2.45) is 0 Å². The van der Waals surface area contributed by atoms with Gasteiger partial charge in [-0.05, 0) is 6.42 Å². The van der Waals surface area contributed by atoms with Gasteiger partial charge in [0.2, 0.25) is 0 Å². The maximum atomic E-state index is 10.6. The monoisotopic (exact) mass is 162 g/mol. The lowest BCUT2D eigenvalue weighted by Gasteiger charge is -1.95. The lowest BCUT2D eigenvalue weighted by atomic mass is 10.4. The third-order valence-corrected chi connectivity index (χ3v) is 0.965. The summed E-state index contributed by atoms with van der Waals surface area (Å²) in [5, 5.41) is 0. The van der Waals surface area contributed by atoms with Gasteiger partial charge in [-0.25, -0.2) is 4.79 Å². The first kappa shape index (κ1) is 9.50. The van der Waals surface area contributed by atoms with Gasteiger partial charge in [0.05, 0.1) is 5.88 Å². The maximum Gasteiger partial charge on any atom is 0.330 e. The van der Waals surface area contributed by atoms with Crippen LogP contribution in [0, 0.1) is 0 Å². The highest BCUT2D eigenvalue weighted by atomic mass is 35.5. The second-order valence-corrected chi connectivity index (χ2v) is 2.05. The Morgan fingerprint density at radius 1 is 1.70 bits per heavy atom. The third-order valence-electron chi connectivity index (χ3n) is 0.811. The van der Waals surface area contributed by atoms with Gasteiger partial charge in [0.1, 0.15) is 6.61 Å². The summed E-state index contributed by atoms with van der Waals surface area (Å²) in [4.78, 5) is 10.6. The van der Waals surface area contributed by atoms with E-state index < -0.39 is 0 Å². The zero-order valence-electron chi connectivity index (χ0n) is 5.97. The highest BCUT2D eigenvalue weighted by Crippen LogP contribution is 1.85. The molecule has 0 aliphatic rings. The molecule has 0 saturated heterocycles. The van der Waals surface area contributed by atoms with Crippen molar-refractivity contribution in [1.82, 2.24) is 0 Å². The van der Waals surface area contributed by atoms with Gasteiger partial charge in [0.25, 0.3) is 0 Å². The first-order valence-electron chi connectivity index (χ1n) is 3.20. The Hall–Kier alpha value is -0.500. The summed E-state index contributed by atoms with van der Waals surface area (Å²) in [7, 11) is 0. The number of carbonyl (C=O) groups excluding carboxylic acids is 1. The third kappa shape index (κ3) is 5.63. The first-order chi connectivity index (χ1) is 4.81. The fourth-order valence-electron chi connectivity index (χ4n) is 0.401. The van der Waals surface area contributed by atoms with Crippen molar-refractivity contribution >= 4 is 17.6 Å². The minimum absolute atomic E-state index is 0.286. The van der Waals surface area contributed by atoms with E-state index in [1.54, 1.807) is 6.08 Å². The lowest BCUT2D eigenvalue weighted by Crippen LogP contribution is -2.02. The number of allylic oxidation sites excluding steroid dienone is 1. The van der Waals surface area contributed by atoms with Crippen LogP contribution in [0.25, 0.3) is 0 Å². The number of alkyl halides is 1. The number of carbonyl (C=O) groups is 1. The molecule has 0 radical (unpaired) electrons. The van der Waals surface area contributed by atoms with Crippen LogP contribution in [0.4, 0.5) is 0 Å². The van der Waals surface area contributed by atoms with E-state index in [1.165, 1.54) is 6.08 Å². The Bertz CT molecular complexity index is 121. The number of esters is 1. The molecule has 0 aliphatic heterocycles. The fourth-order valence-corrected chi connectivity index (χ4v) is 0.479. The highest BCUT2D eigenvalue weighted by molar-refractivity contribution is 6.18. The van der Waals surface area contributed by atoms with Crippen molar-refractivity contribution in [2.75, 3.05) is 12.5 Å². The Morgan fingerprint density at radius 2 is 2.40 bits per heavy atom. The van der Waals surface area contributed by atoms with E-state index in [0.29, 0.717) is 5.88 Å². The Balaban J connectivity index is 3.34. The van der Waals surface area contributed by atoms with Gasteiger partial charge < -0.3 is 4.74 Å². The molecule has 0 aromatic rings. The van der Waals surface area contributed by atoms with Crippen molar-refractivity contribution in [3.8, 4) is 0 Å². The van der Waals surface area contributed by atoms with Crippen LogP contribution in [-0.4, -0.2) is 18.5 Å². The van der Waals surface area contributed by atoms with E-state index >= 15 is 0 Å². The highest BCUT2D eigenvalue weighted by Gasteiger charge is 1.92. The Labute approximate surface area is 65.8 Å². The molecule has 3 heteroatoms. The topological polar surface area (TPSA) is 26.3 Å². The SMILES string of the molecule is CCC=CC(=O)OCCCl. The van der Waals surface area contributed by atoms with Crippen molar-refractivity contribution in [1.29, 1.82) is 0 Å². The van der Waals surface area contributed by atoms with Crippen LogP contribution in [0.15, 0.2) is 12.2 Å². The number of rotatable bonds is 4. The number of hydrogen-bond acceptors (Lipinski definition) is 2. The van der Waals surface area contributed by atoms with Crippen LogP contribution in [0.2, 0.25) is 0 Å². The molecule has 0 atom stereocenters. The average molecular weight is 163 g/mol. The van der Waals surface area contributed by atoms with Crippen molar-refractivity contribution < 1.29 is 9.53 Å². The summed E-state index contributed by atoms with van der Waals surface area (Å²) in [6, 6.07) is 0. The van der Waals surface area contributed by atoms with Gasteiger partial charge in [0.15, 0.2) is 0 Å². The normalized spacial score (nSPS) is 10.2. The summed E-state index contributed by atoms with van der Waals surface area (Å²) in [5.74, 6) is 0.0358. The van der Waals surface area contributed by atoms with Crippen LogP contribution in [0.1, 0.15) is 13.3 Å². The summed E-state index contributed by atoms with van der Waals surface area (Å²) >= 11 is 5.28. The predicted molar refractivity (Wildman–Crippen MR) is 41.1 cm³/mol. The molecule has 0 saturated carbocycles. The summed E-state index contributed by atoms with van der Waals surface area (Å²) < 4.78 is 4.64. The van der Waals surface area contributed by atoms with Gasteiger partial charge in [0, 0.05) is 6.08 Å². The van der Waals surface area contributed by atoms with Gasteiger partial charge >= 0.3 is 5.97 Å². The quantitative estimate of drug-likeness (QED) is 0.358. The number of hydrogen-bond donors (Lipinski definition) is 0. The van der Waals surface area contributed by atoms with Crippen LogP contribution in [-0.2, 0) is 9.53 Å². The molecule has 2 nitrogen and oxygen atoms in total. The molecule has 58 valence electrons. The smallest absolute Gasteiger partial charge is 0.330 e. The fraction of sp³-hybridized carbons (Fsp3) is 0.571. The van der Waals surface area contributed by atoms with Crippen LogP contribution < -0.4 is 0 Å². The minimum Gasteiger partial charge on any atom is -0.461 e. The van der Waals surface area contributed by atoms with Crippen molar-refractivity contribution in [2.45, 2.75) is 13.3 Å². The van der Waals surface area contributed by atoms with Crippen molar-refractivity contribution in [3.05, 3.63) is 12.2 Å². The molecular weight excluding hydrogens is 152 g/mol. The van der Waals surface area contributed by atoms with E-state index in [4.69, 9.17) is 11.6 Å². The molecule has 0 aromatic carbocycles. The van der Waals surface area contributed by atoms with E-state index in [0.717, 1.165) is 6.42 Å². The van der Waals surface area contributed by atoms with Gasteiger partial charge in [-0.1, -0.05) is 13.0 Å². The van der Waals surface area contributed by atoms with E-state index in [9.17, 15) is 4.79 Å². The molecule has 0 amide bonds. The molecule has 0 unspecified atom stereocenters. The minimum atomic E-state index is -0.317. The molecule has 0 fully saturated rings. The second kappa shape index (κ2) is 6.62. The molecule has 10 heavy (non-hydrogen) atoms. The molecule has 0 spiro atoms. The van der Waals surface area contributed by atoms with Crippen LogP contribution >= 0.6 is 11.6 Å². The first-order valence-corrected chi connectivity index (χ1v) is 3.74. The Kier molecular flexibility index (Phi) is 6.29. The molecule has 0 rings (SSSR count). The summed E-state index contributed by atoms with van der Waals surface area (Å²) in [5.41, 5.74) is 0. The summed E-state index contributed by atoms with van der Waals surface area (Å²) in [6.45, 7) is 2.24. The lowest BCUT2D eigenvalue weighted by molar-refractivity contribution is -0.137. The zero-order valence-corrected chi connectivity index (χ0v) is 6.73. The summed E-state index contributed by atoms with van der Waals surface area (Å²) in [6.07, 6.45) is 4.00. The van der Waals surface area contributed by atoms with Crippen molar-refractivity contribution in [3.63, 3.8) is 0 Å². The Morgan fingerprint density at radius 3 is 2.90 bits per heavy atom. The van der Waals surface area contributed by atoms with E-state index in [2.05, 4.69) is 4.74 Å². The molecule has 0 aromatic heterocycles. The second-order valence-electron chi connectivity index (χ2n) is 1.67. The molecule has 0 bridgehead atoms. The zero-order chi connectivity index (χ0) is 7.82. The standard InChI is InChI=1S/C7H11ClO2/c1-2-3-4-7(9)10-6-5-8/h3-4H,2,5-6H2,1H3. The molecular formula is C7H11ClO2. The maximum absolute atomic E-state index is 10.6. The van der Waals surface area contributed by atoms with Crippen LogP contribution in [0.3, 0.4) is 0 Å².